The second kappa shape index (κ2) is 7.94. The number of carbonyl (C=O) groups is 2. The average Bonchev–Trinajstić information content (AvgIpc) is 3.51. The molecule has 0 fully saturated rings. The molecule has 0 atom stereocenters. The van der Waals surface area contributed by atoms with Crippen LogP contribution in [0.25, 0.3) is 22.3 Å². The van der Waals surface area contributed by atoms with Crippen LogP contribution in [0.1, 0.15) is 48.9 Å². The van der Waals surface area contributed by atoms with E-state index < -0.39 is 12.3 Å². The van der Waals surface area contributed by atoms with Crippen molar-refractivity contribution in [2.75, 3.05) is 0 Å². The van der Waals surface area contributed by atoms with Crippen LogP contribution in [0.15, 0.2) is 84.9 Å². The van der Waals surface area contributed by atoms with Crippen LogP contribution in [0, 0.1) is 0 Å². The molecule has 2 aliphatic rings. The van der Waals surface area contributed by atoms with Gasteiger partial charge in [0.15, 0.2) is 0 Å². The average molecular weight is 585 g/mol. The first-order valence-electron chi connectivity index (χ1n) is 14.3. The molecule has 0 amide bonds. The summed E-state index contributed by atoms with van der Waals surface area (Å²) in [6, 6.07) is 29.2. The first-order valence-corrected chi connectivity index (χ1v) is 24.2. The van der Waals surface area contributed by atoms with Gasteiger partial charge in [-0.15, -0.1) is 0 Å². The molecule has 0 spiro atoms. The molecule has 0 heterocycles. The second-order valence-electron chi connectivity index (χ2n) is 13.3. The van der Waals surface area contributed by atoms with E-state index >= 15 is 0 Å². The summed E-state index contributed by atoms with van der Waals surface area (Å²) < 4.78 is 15.8. The number of rotatable bonds is 6. The number of hydrogen-bond donors (Lipinski definition) is 0. The van der Waals surface area contributed by atoms with E-state index in [1.807, 2.05) is 22.6 Å². The van der Waals surface area contributed by atoms with Gasteiger partial charge >= 0.3 is 235 Å². The summed E-state index contributed by atoms with van der Waals surface area (Å²) in [7, 11) is 1.66. The van der Waals surface area contributed by atoms with Gasteiger partial charge in [-0.1, -0.05) is 0 Å². The summed E-state index contributed by atoms with van der Waals surface area (Å²) in [6.07, 6.45) is 1.69. The first-order chi connectivity index (χ1) is 18.9. The summed E-state index contributed by atoms with van der Waals surface area (Å²) >= 11 is -6.62. The molecule has 0 saturated heterocycles. The third-order valence-corrected chi connectivity index (χ3v) is 25.4. The third kappa shape index (κ3) is 3.47. The molecule has 40 heavy (non-hydrogen) atoms. The van der Waals surface area contributed by atoms with Crippen LogP contribution in [0.2, 0.25) is 10.5 Å². The van der Waals surface area contributed by atoms with Crippen LogP contribution < -0.4 is 7.74 Å². The molecule has 0 saturated carbocycles. The van der Waals surface area contributed by atoms with Crippen LogP contribution in [0.3, 0.4) is 0 Å². The van der Waals surface area contributed by atoms with E-state index in [1.165, 1.54) is 22.3 Å². The van der Waals surface area contributed by atoms with Crippen molar-refractivity contribution in [2.24, 2.45) is 0 Å². The molecule has 4 aromatic rings. The molecule has 4 nitrogen and oxygen atoms in total. The normalized spacial score (nSPS) is 15.8. The summed E-state index contributed by atoms with van der Waals surface area (Å²) in [5, 5.41) is 4.02. The molecule has 4 aromatic carbocycles. The summed E-state index contributed by atoms with van der Waals surface area (Å²) in [4.78, 5) is 27.5. The fourth-order valence-corrected chi connectivity index (χ4v) is 23.2. The van der Waals surface area contributed by atoms with E-state index in [0.29, 0.717) is 12.8 Å². The van der Waals surface area contributed by atoms with Gasteiger partial charge in [0, 0.05) is 0 Å². The summed E-state index contributed by atoms with van der Waals surface area (Å²) in [5.74, 6) is -0.748. The zero-order chi connectivity index (χ0) is 28.4. The van der Waals surface area contributed by atoms with Crippen LogP contribution in [-0.4, -0.2) is 19.6 Å². The Labute approximate surface area is 234 Å². The van der Waals surface area contributed by atoms with Crippen molar-refractivity contribution in [2.45, 2.75) is 50.0 Å². The Bertz CT molecular complexity index is 1780. The van der Waals surface area contributed by atoms with Crippen molar-refractivity contribution in [1.82, 2.24) is 0 Å². The number of benzene rings is 4. The van der Waals surface area contributed by atoms with Crippen LogP contribution >= 0.6 is 0 Å². The number of carbonyl (C=O) groups excluding carboxylic acids is 2. The van der Waals surface area contributed by atoms with Crippen molar-refractivity contribution in [3.63, 3.8) is 0 Å². The Morgan fingerprint density at radius 1 is 0.625 bits per heavy atom. The van der Waals surface area contributed by atoms with Gasteiger partial charge in [-0.05, 0) is 0 Å². The van der Waals surface area contributed by atoms with Gasteiger partial charge in [-0.25, -0.2) is 0 Å². The Hall–Kier alpha value is -3.25. The molecule has 0 aromatic heterocycles. The van der Waals surface area contributed by atoms with E-state index in [4.69, 9.17) is 6.64 Å². The topological polar surface area (TPSA) is 52.6 Å². The van der Waals surface area contributed by atoms with Gasteiger partial charge in [-0.3, -0.25) is 0 Å². The quantitative estimate of drug-likeness (QED) is 0.228. The first kappa shape index (κ1) is 26.9. The molecular weight excluding hydrogens is 548 g/mol. The SMILES string of the molecule is CCC(=O)[O][Ti]([CH3])([CH3])(=[SiH2])([O]C(=O)CC)([c]1cccc2c1Cc1ccccc1-2)[c]1cccc2c1Cc1ccccc1-2. The van der Waals surface area contributed by atoms with Gasteiger partial charge in [0.2, 0.25) is 0 Å². The molecular formula is C34H36O4SiTi. The van der Waals surface area contributed by atoms with Gasteiger partial charge in [-0.2, -0.15) is 0 Å². The fourth-order valence-electron chi connectivity index (χ4n) is 7.67. The standard InChI is InChI=1S/2C13H9.2C3H6O2.2CH3.H2Si.Ti/c2*1-3-7-12-10(5-1)9-11-6-2-4-8-13(11)12;2*1-2-3(4)5;;;;/h2*1-5,7-8H,9H2;2*2H2,1H3,(H,4,5);2*1H3;1H2;/q;;;;;;;+2/p-2. The Balaban J connectivity index is 1.81. The van der Waals surface area contributed by atoms with Gasteiger partial charge < -0.3 is 0 Å². The third-order valence-electron chi connectivity index (χ3n) is 9.51. The molecule has 0 bridgehead atoms. The molecule has 6 heteroatoms. The minimum absolute atomic E-state index is 0.167. The zero-order valence-corrected chi connectivity index (χ0v) is 26.7. The molecule has 0 aliphatic heterocycles. The van der Waals surface area contributed by atoms with Gasteiger partial charge in [0.25, 0.3) is 0 Å². The van der Waals surface area contributed by atoms with Gasteiger partial charge in [0.1, 0.15) is 0 Å². The van der Waals surface area contributed by atoms with Crippen molar-refractivity contribution >= 4 is 27.3 Å². The fraction of sp³-hybridized carbons (Fsp3) is 0.235. The Morgan fingerprint density at radius 2 is 1.00 bits per heavy atom. The Morgan fingerprint density at radius 3 is 1.40 bits per heavy atom. The van der Waals surface area contributed by atoms with Crippen molar-refractivity contribution in [1.29, 1.82) is 0 Å². The van der Waals surface area contributed by atoms with Crippen LogP contribution in [0.4, 0.5) is 0 Å². The predicted octanol–water partition coefficient (Wildman–Crippen LogP) is 5.92. The monoisotopic (exact) mass is 584 g/mol. The number of fused-ring (bicyclic) bond motifs is 6. The molecule has 2 aliphatic carbocycles. The molecule has 0 unspecified atom stereocenters. The van der Waals surface area contributed by atoms with Crippen molar-refractivity contribution in [3.05, 3.63) is 107 Å². The zero-order valence-electron chi connectivity index (χ0n) is 23.8. The number of hydrogen-bond acceptors (Lipinski definition) is 4. The molecule has 6 rings (SSSR count). The molecule has 0 N–H and O–H groups in total. The predicted molar refractivity (Wildman–Crippen MR) is 162 cm³/mol. The van der Waals surface area contributed by atoms with E-state index in [0.717, 1.165) is 30.0 Å². The van der Waals surface area contributed by atoms with E-state index in [1.54, 1.807) is 21.5 Å². The second-order valence-corrected chi connectivity index (χ2v) is 40.1. The minimum atomic E-state index is -6.62. The van der Waals surface area contributed by atoms with E-state index in [9.17, 15) is 9.59 Å². The van der Waals surface area contributed by atoms with Crippen LogP contribution in [0.5, 0.6) is 0 Å². The molecule has 204 valence electrons. The maximum absolute atomic E-state index is 13.7. The summed E-state index contributed by atoms with van der Waals surface area (Å²) in [5.41, 5.74) is 9.11. The van der Waals surface area contributed by atoms with Crippen molar-refractivity contribution in [3.8, 4) is 22.3 Å². The maximum atomic E-state index is 13.7. The van der Waals surface area contributed by atoms with Gasteiger partial charge in [0.05, 0.1) is 0 Å². The summed E-state index contributed by atoms with van der Waals surface area (Å²) in [6.45, 7) is 3.59. The van der Waals surface area contributed by atoms with E-state index in [2.05, 4.69) is 72.8 Å². The van der Waals surface area contributed by atoms with Crippen molar-refractivity contribution < 1.29 is 28.5 Å². The molecule has 0 radical (unpaired) electrons. The Kier molecular flexibility index (Phi) is 5.35. The van der Waals surface area contributed by atoms with Crippen LogP contribution in [-0.2, 0) is 41.3 Å². The van der Waals surface area contributed by atoms with E-state index in [-0.39, 0.29) is 24.8 Å².